The lowest BCUT2D eigenvalue weighted by Crippen LogP contribution is -2.49. The number of benzene rings is 1. The van der Waals surface area contributed by atoms with Crippen molar-refractivity contribution < 1.29 is 13.2 Å². The van der Waals surface area contributed by atoms with Gasteiger partial charge >= 0.3 is 0 Å². The summed E-state index contributed by atoms with van der Waals surface area (Å²) in [5, 5.41) is 0. The Bertz CT molecular complexity index is 692. The van der Waals surface area contributed by atoms with E-state index in [-0.39, 0.29) is 5.91 Å². The van der Waals surface area contributed by atoms with Crippen LogP contribution >= 0.6 is 0 Å². The van der Waals surface area contributed by atoms with Crippen molar-refractivity contribution in [3.8, 4) is 0 Å². The van der Waals surface area contributed by atoms with Gasteiger partial charge < -0.3 is 4.90 Å². The van der Waals surface area contributed by atoms with E-state index in [9.17, 15) is 13.2 Å². The number of sulfonamides is 1. The van der Waals surface area contributed by atoms with Gasteiger partial charge in [-0.15, -0.1) is 0 Å². The number of rotatable bonds is 4. The van der Waals surface area contributed by atoms with Gasteiger partial charge in [0.15, 0.2) is 0 Å². The summed E-state index contributed by atoms with van der Waals surface area (Å²) < 4.78 is 26.0. The van der Waals surface area contributed by atoms with Gasteiger partial charge in [-0.25, -0.2) is 8.42 Å². The third-order valence-electron chi connectivity index (χ3n) is 4.73. The first-order valence-corrected chi connectivity index (χ1v) is 10.4. The van der Waals surface area contributed by atoms with Crippen LogP contribution in [-0.4, -0.2) is 44.6 Å². The summed E-state index contributed by atoms with van der Waals surface area (Å²) in [6, 6.07) is 4.77. The van der Waals surface area contributed by atoms with Crippen LogP contribution in [0.5, 0.6) is 0 Å². The van der Waals surface area contributed by atoms with Gasteiger partial charge in [-0.3, -0.25) is 9.10 Å². The number of carbonyl (C=O) groups excluding carboxylic acids is 1. The molecule has 1 unspecified atom stereocenters. The van der Waals surface area contributed by atoms with Crippen LogP contribution in [0.15, 0.2) is 18.2 Å². The molecule has 1 aromatic carbocycles. The van der Waals surface area contributed by atoms with Gasteiger partial charge in [0, 0.05) is 13.1 Å². The Labute approximate surface area is 145 Å². The van der Waals surface area contributed by atoms with E-state index in [4.69, 9.17) is 0 Å². The van der Waals surface area contributed by atoms with Crippen molar-refractivity contribution in [2.75, 3.05) is 23.7 Å². The second-order valence-corrected chi connectivity index (χ2v) is 8.60. The first-order valence-electron chi connectivity index (χ1n) is 8.57. The molecule has 0 radical (unpaired) electrons. The predicted octanol–water partition coefficient (Wildman–Crippen LogP) is 2.86. The fraction of sp³-hybridized carbons (Fsp3) is 0.611. The molecular weight excluding hydrogens is 324 g/mol. The molecule has 24 heavy (non-hydrogen) atoms. The van der Waals surface area contributed by atoms with Crippen LogP contribution in [-0.2, 0) is 14.8 Å². The Morgan fingerprint density at radius 1 is 1.08 bits per heavy atom. The molecule has 2 rings (SSSR count). The molecule has 0 N–H and O–H groups in total. The molecule has 1 fully saturated rings. The third kappa shape index (κ3) is 4.29. The molecule has 0 aromatic heterocycles. The zero-order valence-corrected chi connectivity index (χ0v) is 15.9. The van der Waals surface area contributed by atoms with Crippen LogP contribution < -0.4 is 4.31 Å². The van der Waals surface area contributed by atoms with Crippen molar-refractivity contribution in [3.05, 3.63) is 29.3 Å². The first kappa shape index (κ1) is 18.8. The predicted molar refractivity (Wildman–Crippen MR) is 97.7 cm³/mol. The lowest BCUT2D eigenvalue weighted by Gasteiger charge is -2.32. The molecule has 1 amide bonds. The number of hydrogen-bond donors (Lipinski definition) is 0. The highest BCUT2D eigenvalue weighted by Crippen LogP contribution is 2.25. The summed E-state index contributed by atoms with van der Waals surface area (Å²) in [7, 11) is -3.55. The molecule has 0 aliphatic carbocycles. The van der Waals surface area contributed by atoms with Crippen LogP contribution in [0, 0.1) is 13.8 Å². The normalized spacial score (nSPS) is 17.2. The number of nitrogens with zero attached hydrogens (tertiary/aromatic N) is 2. The van der Waals surface area contributed by atoms with Crippen molar-refractivity contribution in [2.45, 2.75) is 52.5 Å². The van der Waals surface area contributed by atoms with Crippen molar-refractivity contribution in [1.82, 2.24) is 4.90 Å². The zero-order chi connectivity index (χ0) is 17.9. The Hall–Kier alpha value is -1.56. The molecule has 0 spiro atoms. The average molecular weight is 353 g/mol. The molecule has 0 saturated carbocycles. The number of amides is 1. The van der Waals surface area contributed by atoms with E-state index in [0.29, 0.717) is 18.8 Å². The van der Waals surface area contributed by atoms with E-state index in [1.165, 1.54) is 4.31 Å². The second kappa shape index (κ2) is 7.55. The van der Waals surface area contributed by atoms with Crippen molar-refractivity contribution >= 4 is 21.6 Å². The summed E-state index contributed by atoms with van der Waals surface area (Å²) in [6.45, 7) is 7.04. The summed E-state index contributed by atoms with van der Waals surface area (Å²) in [5.74, 6) is -0.111. The van der Waals surface area contributed by atoms with Crippen LogP contribution in [0.1, 0.15) is 43.7 Å². The molecule has 1 aliphatic heterocycles. The highest BCUT2D eigenvalue weighted by molar-refractivity contribution is 7.92. The quantitative estimate of drug-likeness (QED) is 0.837. The van der Waals surface area contributed by atoms with E-state index in [0.717, 1.165) is 43.1 Å². The fourth-order valence-corrected chi connectivity index (χ4v) is 4.38. The summed E-state index contributed by atoms with van der Waals surface area (Å²) in [6.07, 6.45) is 5.40. The maximum Gasteiger partial charge on any atom is 0.246 e. The fourth-order valence-electron chi connectivity index (χ4n) is 3.22. The zero-order valence-electron chi connectivity index (χ0n) is 15.1. The first-order chi connectivity index (χ1) is 11.2. The minimum atomic E-state index is -3.55. The van der Waals surface area contributed by atoms with E-state index < -0.39 is 16.1 Å². The minimum Gasteiger partial charge on any atom is -0.341 e. The van der Waals surface area contributed by atoms with Gasteiger partial charge in [0.2, 0.25) is 15.9 Å². The number of likely N-dealkylation sites (tertiary alicyclic amines) is 1. The number of hydrogen-bond acceptors (Lipinski definition) is 3. The van der Waals surface area contributed by atoms with Crippen molar-refractivity contribution in [3.63, 3.8) is 0 Å². The summed E-state index contributed by atoms with van der Waals surface area (Å²) in [4.78, 5) is 14.7. The molecule has 0 bridgehead atoms. The number of aryl methyl sites for hydroxylation is 2. The van der Waals surface area contributed by atoms with Crippen LogP contribution in [0.3, 0.4) is 0 Å². The Morgan fingerprint density at radius 2 is 1.67 bits per heavy atom. The topological polar surface area (TPSA) is 57.7 Å². The van der Waals surface area contributed by atoms with Crippen molar-refractivity contribution in [2.24, 2.45) is 0 Å². The van der Waals surface area contributed by atoms with E-state index >= 15 is 0 Å². The van der Waals surface area contributed by atoms with Crippen molar-refractivity contribution in [1.29, 1.82) is 0 Å². The highest BCUT2D eigenvalue weighted by Gasteiger charge is 2.32. The molecule has 1 aliphatic rings. The van der Waals surface area contributed by atoms with Gasteiger partial charge in [0.1, 0.15) is 6.04 Å². The summed E-state index contributed by atoms with van der Waals surface area (Å²) in [5.41, 5.74) is 2.66. The van der Waals surface area contributed by atoms with E-state index in [1.54, 1.807) is 13.0 Å². The number of carbonyl (C=O) groups is 1. The van der Waals surface area contributed by atoms with Crippen LogP contribution in [0.25, 0.3) is 0 Å². The standard InChI is InChI=1S/C18H28N2O3S/c1-14-9-10-17(13-15(14)2)20(24(4,22)23)16(3)18(21)19-11-7-5-6-8-12-19/h9-10,13,16H,5-8,11-12H2,1-4H3. The lowest BCUT2D eigenvalue weighted by molar-refractivity contribution is -0.131. The molecule has 1 aromatic rings. The number of anilines is 1. The Balaban J connectivity index is 2.33. The van der Waals surface area contributed by atoms with Gasteiger partial charge in [-0.05, 0) is 56.9 Å². The van der Waals surface area contributed by atoms with Gasteiger partial charge in [-0.2, -0.15) is 0 Å². The maximum atomic E-state index is 12.9. The van der Waals surface area contributed by atoms with Crippen LogP contribution in [0.4, 0.5) is 5.69 Å². The highest BCUT2D eigenvalue weighted by atomic mass is 32.2. The third-order valence-corrected chi connectivity index (χ3v) is 5.97. The molecular formula is C18H28N2O3S. The largest absolute Gasteiger partial charge is 0.341 e. The Kier molecular flexibility index (Phi) is 5.91. The SMILES string of the molecule is Cc1ccc(N(C(C)C(=O)N2CCCCCC2)S(C)(=O)=O)cc1C. The monoisotopic (exact) mass is 352 g/mol. The molecule has 5 nitrogen and oxygen atoms in total. The lowest BCUT2D eigenvalue weighted by atomic mass is 10.1. The molecule has 1 atom stereocenters. The van der Waals surface area contributed by atoms with E-state index in [1.807, 2.05) is 30.9 Å². The smallest absolute Gasteiger partial charge is 0.246 e. The molecule has 6 heteroatoms. The average Bonchev–Trinajstić information content (AvgIpc) is 2.78. The molecule has 134 valence electrons. The Morgan fingerprint density at radius 3 is 2.17 bits per heavy atom. The van der Waals surface area contributed by atoms with Crippen LogP contribution in [0.2, 0.25) is 0 Å². The van der Waals surface area contributed by atoms with Gasteiger partial charge in [-0.1, -0.05) is 18.9 Å². The van der Waals surface area contributed by atoms with Gasteiger partial charge in [0.05, 0.1) is 11.9 Å². The molecule has 1 heterocycles. The summed E-state index contributed by atoms with van der Waals surface area (Å²) >= 11 is 0. The minimum absolute atomic E-state index is 0.111. The van der Waals surface area contributed by atoms with E-state index in [2.05, 4.69) is 0 Å². The maximum absolute atomic E-state index is 12.9. The van der Waals surface area contributed by atoms with Gasteiger partial charge in [0.25, 0.3) is 0 Å². The second-order valence-electron chi connectivity index (χ2n) is 6.74. The molecule has 1 saturated heterocycles.